The summed E-state index contributed by atoms with van der Waals surface area (Å²) in [4.78, 5) is 17.5. The number of ether oxygens (including phenoxy) is 2. The van der Waals surface area contributed by atoms with Crippen LogP contribution in [-0.4, -0.2) is 17.7 Å². The van der Waals surface area contributed by atoms with Crippen LogP contribution in [-0.2, 0) is 5.75 Å². The maximum absolute atomic E-state index is 13.0. The number of para-hydroxylation sites is 2. The second kappa shape index (κ2) is 8.35. The molecule has 0 saturated heterocycles. The summed E-state index contributed by atoms with van der Waals surface area (Å²) in [6.45, 7) is 2.18. The summed E-state index contributed by atoms with van der Waals surface area (Å²) in [6, 6.07) is 20.8. The van der Waals surface area contributed by atoms with E-state index in [0.29, 0.717) is 22.3 Å². The third-order valence-electron chi connectivity index (χ3n) is 5.13. The summed E-state index contributed by atoms with van der Waals surface area (Å²) in [5, 5.41) is 3.67. The maximum atomic E-state index is 13.0. The predicted molar refractivity (Wildman–Crippen MR) is 118 cm³/mol. The van der Waals surface area contributed by atoms with Gasteiger partial charge >= 0.3 is 0 Å². The molecule has 0 radical (unpaired) electrons. The summed E-state index contributed by atoms with van der Waals surface area (Å²) in [5.74, 6) is 1.88. The number of nitrogens with zero attached hydrogens (tertiary/aromatic N) is 1. The zero-order valence-corrected chi connectivity index (χ0v) is 17.6. The highest BCUT2D eigenvalue weighted by Gasteiger charge is 2.19. The van der Waals surface area contributed by atoms with E-state index in [0.717, 1.165) is 28.0 Å². The molecule has 5 rings (SSSR count). The number of benzene rings is 3. The standard InChI is InChI=1S/C24H20N2O4S/c1-15(16-10-11-21-22(12-16)29-14-28-21)25-23(27)18-7-3-2-6-17(18)13-31-24-26-19-8-4-5-9-20(19)30-24/h2-12,15H,13-14H2,1H3,(H,25,27). The Morgan fingerprint density at radius 1 is 1.06 bits per heavy atom. The monoisotopic (exact) mass is 432 g/mol. The molecule has 0 saturated carbocycles. The van der Waals surface area contributed by atoms with Crippen LogP contribution < -0.4 is 14.8 Å². The molecule has 7 heteroatoms. The average molecular weight is 433 g/mol. The van der Waals surface area contributed by atoms with E-state index in [9.17, 15) is 4.79 Å². The fourth-order valence-corrected chi connectivity index (χ4v) is 4.30. The van der Waals surface area contributed by atoms with Gasteiger partial charge in [0.05, 0.1) is 6.04 Å². The number of oxazole rings is 1. The molecule has 1 atom stereocenters. The largest absolute Gasteiger partial charge is 0.454 e. The normalized spacial score (nSPS) is 13.3. The lowest BCUT2D eigenvalue weighted by Gasteiger charge is -2.16. The van der Waals surface area contributed by atoms with Crippen LogP contribution in [0.5, 0.6) is 11.5 Å². The highest BCUT2D eigenvalue weighted by Crippen LogP contribution is 2.34. The molecular formula is C24H20N2O4S. The smallest absolute Gasteiger partial charge is 0.257 e. The SMILES string of the molecule is CC(NC(=O)c1ccccc1CSc1nc2ccccc2o1)c1ccc2c(c1)OCO2. The minimum absolute atomic E-state index is 0.126. The highest BCUT2D eigenvalue weighted by molar-refractivity contribution is 7.98. The van der Waals surface area contributed by atoms with Gasteiger partial charge in [-0.25, -0.2) is 4.98 Å². The number of hydrogen-bond donors (Lipinski definition) is 1. The van der Waals surface area contributed by atoms with E-state index in [-0.39, 0.29) is 18.7 Å². The topological polar surface area (TPSA) is 73.6 Å². The van der Waals surface area contributed by atoms with Gasteiger partial charge in [0.15, 0.2) is 17.1 Å². The fourth-order valence-electron chi connectivity index (χ4n) is 3.46. The Morgan fingerprint density at radius 2 is 1.87 bits per heavy atom. The maximum Gasteiger partial charge on any atom is 0.257 e. The molecule has 1 N–H and O–H groups in total. The van der Waals surface area contributed by atoms with Gasteiger partial charge in [0.25, 0.3) is 11.1 Å². The van der Waals surface area contributed by atoms with Crippen molar-refractivity contribution in [2.24, 2.45) is 0 Å². The van der Waals surface area contributed by atoms with Gasteiger partial charge in [-0.3, -0.25) is 4.79 Å². The van der Waals surface area contributed by atoms with Crippen LogP contribution in [0.15, 0.2) is 76.4 Å². The number of carbonyl (C=O) groups excluding carboxylic acids is 1. The molecular weight excluding hydrogens is 412 g/mol. The van der Waals surface area contributed by atoms with Crippen LogP contribution in [0.2, 0.25) is 0 Å². The lowest BCUT2D eigenvalue weighted by Crippen LogP contribution is -2.27. The summed E-state index contributed by atoms with van der Waals surface area (Å²) in [6.07, 6.45) is 0. The van der Waals surface area contributed by atoms with Gasteiger partial charge in [0.1, 0.15) is 5.52 Å². The molecule has 1 aliphatic heterocycles. The van der Waals surface area contributed by atoms with Gasteiger partial charge in [-0.05, 0) is 48.4 Å². The molecule has 1 aliphatic rings. The number of hydrogen-bond acceptors (Lipinski definition) is 6. The van der Waals surface area contributed by atoms with Gasteiger partial charge in [-0.1, -0.05) is 48.2 Å². The summed E-state index contributed by atoms with van der Waals surface area (Å²) < 4.78 is 16.6. The lowest BCUT2D eigenvalue weighted by atomic mass is 10.1. The molecule has 2 heterocycles. The van der Waals surface area contributed by atoms with E-state index in [4.69, 9.17) is 13.9 Å². The molecule has 3 aromatic carbocycles. The van der Waals surface area contributed by atoms with Crippen molar-refractivity contribution in [3.8, 4) is 11.5 Å². The average Bonchev–Trinajstić information content (AvgIpc) is 3.43. The minimum atomic E-state index is -0.181. The molecule has 6 nitrogen and oxygen atoms in total. The zero-order valence-electron chi connectivity index (χ0n) is 16.8. The third-order valence-corrected chi connectivity index (χ3v) is 6.01. The summed E-state index contributed by atoms with van der Waals surface area (Å²) >= 11 is 1.47. The number of aromatic nitrogens is 1. The number of rotatable bonds is 6. The molecule has 0 aliphatic carbocycles. The Balaban J connectivity index is 1.29. The second-order valence-electron chi connectivity index (χ2n) is 7.20. The van der Waals surface area contributed by atoms with E-state index in [1.807, 2.05) is 73.7 Å². The van der Waals surface area contributed by atoms with Crippen molar-refractivity contribution >= 4 is 28.8 Å². The van der Waals surface area contributed by atoms with Crippen LogP contribution >= 0.6 is 11.8 Å². The van der Waals surface area contributed by atoms with Crippen molar-refractivity contribution < 1.29 is 18.7 Å². The van der Waals surface area contributed by atoms with Gasteiger partial charge in [-0.15, -0.1) is 0 Å². The van der Waals surface area contributed by atoms with E-state index in [1.54, 1.807) is 0 Å². The fraction of sp³-hybridized carbons (Fsp3) is 0.167. The van der Waals surface area contributed by atoms with E-state index in [1.165, 1.54) is 11.8 Å². The van der Waals surface area contributed by atoms with Crippen LogP contribution in [0.3, 0.4) is 0 Å². The molecule has 0 bridgehead atoms. The molecule has 0 fully saturated rings. The molecule has 1 unspecified atom stereocenters. The van der Waals surface area contributed by atoms with Crippen molar-refractivity contribution in [3.63, 3.8) is 0 Å². The Bertz CT molecular complexity index is 1220. The first-order chi connectivity index (χ1) is 15.2. The Kier molecular flexibility index (Phi) is 5.26. The van der Waals surface area contributed by atoms with Gasteiger partial charge in [0.2, 0.25) is 6.79 Å². The van der Waals surface area contributed by atoms with Crippen LogP contribution in [0.1, 0.15) is 34.5 Å². The van der Waals surface area contributed by atoms with Crippen molar-refractivity contribution in [2.75, 3.05) is 6.79 Å². The highest BCUT2D eigenvalue weighted by atomic mass is 32.2. The number of nitrogens with one attached hydrogen (secondary N) is 1. The number of amides is 1. The molecule has 31 heavy (non-hydrogen) atoms. The Morgan fingerprint density at radius 3 is 2.77 bits per heavy atom. The number of fused-ring (bicyclic) bond motifs is 2. The zero-order chi connectivity index (χ0) is 21.2. The van der Waals surface area contributed by atoms with Crippen molar-refractivity contribution in [1.29, 1.82) is 0 Å². The molecule has 156 valence electrons. The molecule has 0 spiro atoms. The number of carbonyl (C=O) groups is 1. The van der Waals surface area contributed by atoms with E-state index in [2.05, 4.69) is 10.3 Å². The van der Waals surface area contributed by atoms with Gasteiger partial charge < -0.3 is 19.2 Å². The predicted octanol–water partition coefficient (Wildman–Crippen LogP) is 5.34. The van der Waals surface area contributed by atoms with Crippen LogP contribution in [0.4, 0.5) is 0 Å². The second-order valence-corrected chi connectivity index (χ2v) is 8.13. The quantitative estimate of drug-likeness (QED) is 0.415. The van der Waals surface area contributed by atoms with E-state index >= 15 is 0 Å². The summed E-state index contributed by atoms with van der Waals surface area (Å²) in [7, 11) is 0. The molecule has 1 aromatic heterocycles. The Hall–Kier alpha value is -3.45. The minimum Gasteiger partial charge on any atom is -0.454 e. The Labute approximate surface area is 183 Å². The lowest BCUT2D eigenvalue weighted by molar-refractivity contribution is 0.0939. The van der Waals surface area contributed by atoms with Crippen LogP contribution in [0.25, 0.3) is 11.1 Å². The third kappa shape index (κ3) is 4.09. The van der Waals surface area contributed by atoms with E-state index < -0.39 is 0 Å². The molecule has 1 amide bonds. The van der Waals surface area contributed by atoms with Gasteiger partial charge in [0, 0.05) is 11.3 Å². The van der Waals surface area contributed by atoms with Gasteiger partial charge in [-0.2, -0.15) is 0 Å². The first-order valence-corrected chi connectivity index (χ1v) is 10.9. The number of thioether (sulfide) groups is 1. The van der Waals surface area contributed by atoms with Crippen molar-refractivity contribution in [3.05, 3.63) is 83.4 Å². The molecule has 4 aromatic rings. The van der Waals surface area contributed by atoms with Crippen molar-refractivity contribution in [1.82, 2.24) is 10.3 Å². The van der Waals surface area contributed by atoms with Crippen molar-refractivity contribution in [2.45, 2.75) is 23.9 Å². The first-order valence-electron chi connectivity index (χ1n) is 9.94. The summed E-state index contributed by atoms with van der Waals surface area (Å²) in [5.41, 5.74) is 4.10. The first kappa shape index (κ1) is 19.5. The van der Waals surface area contributed by atoms with Crippen LogP contribution in [0, 0.1) is 0 Å².